The van der Waals surface area contributed by atoms with Crippen molar-refractivity contribution >= 4 is 16.9 Å². The molecule has 15 heavy (non-hydrogen) atoms. The van der Waals surface area contributed by atoms with Crippen molar-refractivity contribution < 1.29 is 13.9 Å². The van der Waals surface area contributed by atoms with Gasteiger partial charge in [-0.05, 0) is 18.2 Å². The van der Waals surface area contributed by atoms with Gasteiger partial charge in [0.1, 0.15) is 11.3 Å². The van der Waals surface area contributed by atoms with Crippen molar-refractivity contribution in [1.29, 1.82) is 0 Å². The van der Waals surface area contributed by atoms with E-state index >= 15 is 0 Å². The average Bonchev–Trinajstić information content (AvgIpc) is 2.16. The summed E-state index contributed by atoms with van der Waals surface area (Å²) in [6.45, 7) is 1.30. The van der Waals surface area contributed by atoms with Gasteiger partial charge in [-0.3, -0.25) is 4.79 Å². The van der Waals surface area contributed by atoms with Gasteiger partial charge in [-0.1, -0.05) is 0 Å². The fourth-order valence-corrected chi connectivity index (χ4v) is 1.22. The Morgan fingerprint density at radius 3 is 3.00 bits per heavy atom. The zero-order chi connectivity index (χ0) is 10.8. The lowest BCUT2D eigenvalue weighted by atomic mass is 10.2. The largest absolute Gasteiger partial charge is 0.427 e. The van der Waals surface area contributed by atoms with E-state index in [4.69, 9.17) is 9.15 Å². The SMILES string of the molecule is CC(=O)Oc1ccc2c[c]c(=O)oc2c1. The minimum atomic E-state index is -0.553. The lowest BCUT2D eigenvalue weighted by molar-refractivity contribution is -0.131. The van der Waals surface area contributed by atoms with Crippen LogP contribution in [0.5, 0.6) is 5.75 Å². The van der Waals surface area contributed by atoms with Gasteiger partial charge in [0.25, 0.3) is 0 Å². The van der Waals surface area contributed by atoms with Gasteiger partial charge in [-0.2, -0.15) is 0 Å². The molecule has 0 unspecified atom stereocenters. The van der Waals surface area contributed by atoms with Crippen LogP contribution in [0.4, 0.5) is 0 Å². The van der Waals surface area contributed by atoms with E-state index in [0.717, 1.165) is 5.39 Å². The molecule has 4 nitrogen and oxygen atoms in total. The normalized spacial score (nSPS) is 10.2. The number of rotatable bonds is 1. The molecular weight excluding hydrogens is 196 g/mol. The molecule has 0 N–H and O–H groups in total. The number of carbonyl (C=O) groups excluding carboxylic acids is 1. The second-order valence-electron chi connectivity index (χ2n) is 2.97. The van der Waals surface area contributed by atoms with Gasteiger partial charge in [0.15, 0.2) is 0 Å². The lowest BCUT2D eigenvalue weighted by Crippen LogP contribution is -2.01. The Labute approximate surface area is 85.1 Å². The molecule has 0 spiro atoms. The van der Waals surface area contributed by atoms with Crippen LogP contribution in [0.15, 0.2) is 33.5 Å². The Morgan fingerprint density at radius 2 is 2.27 bits per heavy atom. The van der Waals surface area contributed by atoms with E-state index in [1.807, 2.05) is 0 Å². The van der Waals surface area contributed by atoms with Crippen LogP contribution >= 0.6 is 0 Å². The van der Waals surface area contributed by atoms with Crippen LogP contribution in [0.25, 0.3) is 11.0 Å². The van der Waals surface area contributed by atoms with Gasteiger partial charge in [0.05, 0.1) is 6.07 Å². The first-order valence-electron chi connectivity index (χ1n) is 4.29. The van der Waals surface area contributed by atoms with Crippen molar-refractivity contribution in [2.45, 2.75) is 6.92 Å². The van der Waals surface area contributed by atoms with E-state index in [-0.39, 0.29) is 0 Å². The quantitative estimate of drug-likeness (QED) is 0.400. The third kappa shape index (κ3) is 2.04. The number of ether oxygens (including phenoxy) is 1. The Balaban J connectivity index is 2.54. The van der Waals surface area contributed by atoms with Crippen molar-refractivity contribution in [2.75, 3.05) is 0 Å². The molecule has 2 rings (SSSR count). The van der Waals surface area contributed by atoms with Gasteiger partial charge >= 0.3 is 11.6 Å². The molecule has 75 valence electrons. The molecule has 1 heterocycles. The Bertz CT molecular complexity index is 568. The molecule has 4 heteroatoms. The molecule has 1 radical (unpaired) electrons. The molecule has 1 aromatic heterocycles. The van der Waals surface area contributed by atoms with E-state index in [1.165, 1.54) is 19.1 Å². The minimum absolute atomic E-state index is 0.351. The van der Waals surface area contributed by atoms with E-state index in [1.54, 1.807) is 12.1 Å². The number of hydrogen-bond donors (Lipinski definition) is 0. The molecule has 0 aliphatic carbocycles. The van der Waals surface area contributed by atoms with Gasteiger partial charge in [0.2, 0.25) is 0 Å². The number of benzene rings is 1. The van der Waals surface area contributed by atoms with Crippen LogP contribution in [0.2, 0.25) is 0 Å². The fourth-order valence-electron chi connectivity index (χ4n) is 1.22. The average molecular weight is 203 g/mol. The summed E-state index contributed by atoms with van der Waals surface area (Å²) in [5.74, 6) is -0.0662. The molecule has 0 aliphatic heterocycles. The van der Waals surface area contributed by atoms with Crippen LogP contribution in [-0.2, 0) is 4.79 Å². The van der Waals surface area contributed by atoms with Crippen LogP contribution in [0.3, 0.4) is 0 Å². The van der Waals surface area contributed by atoms with Gasteiger partial charge in [-0.15, -0.1) is 0 Å². The maximum atomic E-state index is 10.9. The number of carbonyl (C=O) groups is 1. The zero-order valence-corrected chi connectivity index (χ0v) is 7.94. The summed E-state index contributed by atoms with van der Waals surface area (Å²) in [4.78, 5) is 21.6. The number of fused-ring (bicyclic) bond motifs is 1. The van der Waals surface area contributed by atoms with Crippen molar-refractivity contribution in [3.05, 3.63) is 40.8 Å². The summed E-state index contributed by atoms with van der Waals surface area (Å²) in [6.07, 6.45) is 0. The van der Waals surface area contributed by atoms with Gasteiger partial charge in [0, 0.05) is 18.4 Å². The summed E-state index contributed by atoms with van der Waals surface area (Å²) < 4.78 is 9.73. The second kappa shape index (κ2) is 3.57. The second-order valence-corrected chi connectivity index (χ2v) is 2.97. The van der Waals surface area contributed by atoms with Crippen molar-refractivity contribution in [3.8, 4) is 5.75 Å². The highest BCUT2D eigenvalue weighted by Gasteiger charge is 2.02. The predicted molar refractivity (Wildman–Crippen MR) is 52.6 cm³/mol. The first-order valence-corrected chi connectivity index (χ1v) is 4.29. The molecule has 0 bridgehead atoms. The van der Waals surface area contributed by atoms with Crippen molar-refractivity contribution in [1.82, 2.24) is 0 Å². The monoisotopic (exact) mass is 203 g/mol. The third-order valence-corrected chi connectivity index (χ3v) is 1.79. The Hall–Kier alpha value is -2.10. The summed E-state index contributed by atoms with van der Waals surface area (Å²) in [5, 5.41) is 0.727. The van der Waals surface area contributed by atoms with Crippen LogP contribution in [0.1, 0.15) is 6.92 Å². The van der Waals surface area contributed by atoms with Crippen LogP contribution < -0.4 is 10.4 Å². The number of hydrogen-bond acceptors (Lipinski definition) is 4. The van der Waals surface area contributed by atoms with Crippen molar-refractivity contribution in [3.63, 3.8) is 0 Å². The smallest absolute Gasteiger partial charge is 0.344 e. The number of esters is 1. The minimum Gasteiger partial charge on any atom is -0.427 e. The van der Waals surface area contributed by atoms with Crippen molar-refractivity contribution in [2.24, 2.45) is 0 Å². The molecule has 2 aromatic rings. The summed E-state index contributed by atoms with van der Waals surface area (Å²) >= 11 is 0. The van der Waals surface area contributed by atoms with E-state index in [9.17, 15) is 9.59 Å². The summed E-state index contributed by atoms with van der Waals surface area (Å²) in [6, 6.07) is 8.73. The standard InChI is InChI=1S/C11H7O4/c1-7(12)14-9-4-2-8-3-5-11(13)15-10(8)6-9/h2-4,6H,1H3. The predicted octanol–water partition coefficient (Wildman–Crippen LogP) is 1.52. The topological polar surface area (TPSA) is 56.5 Å². The molecular formula is C11H7O4. The molecule has 0 saturated heterocycles. The Kier molecular flexibility index (Phi) is 2.25. The Morgan fingerprint density at radius 1 is 1.47 bits per heavy atom. The maximum absolute atomic E-state index is 10.9. The van der Waals surface area contributed by atoms with Gasteiger partial charge in [-0.25, -0.2) is 4.79 Å². The zero-order valence-electron chi connectivity index (χ0n) is 7.94. The third-order valence-electron chi connectivity index (χ3n) is 1.79. The molecule has 1 aromatic carbocycles. The first-order chi connectivity index (χ1) is 7.15. The lowest BCUT2D eigenvalue weighted by Gasteiger charge is -2.01. The highest BCUT2D eigenvalue weighted by molar-refractivity contribution is 5.79. The molecule has 0 fully saturated rings. The van der Waals surface area contributed by atoms with E-state index in [2.05, 4.69) is 6.07 Å². The molecule has 0 aliphatic rings. The molecule has 0 saturated carbocycles. The summed E-state index contributed by atoms with van der Waals surface area (Å²) in [7, 11) is 0. The summed E-state index contributed by atoms with van der Waals surface area (Å²) in [5.41, 5.74) is -0.181. The fraction of sp³-hybridized carbons (Fsp3) is 0.0909. The van der Waals surface area contributed by atoms with E-state index in [0.29, 0.717) is 11.3 Å². The van der Waals surface area contributed by atoms with Gasteiger partial charge < -0.3 is 9.15 Å². The highest BCUT2D eigenvalue weighted by atomic mass is 16.5. The van der Waals surface area contributed by atoms with Crippen LogP contribution in [0, 0.1) is 6.07 Å². The first kappa shape index (κ1) is 9.45. The molecule has 0 atom stereocenters. The highest BCUT2D eigenvalue weighted by Crippen LogP contribution is 2.19. The molecule has 0 amide bonds. The maximum Gasteiger partial charge on any atom is 0.344 e. The van der Waals surface area contributed by atoms with E-state index < -0.39 is 11.6 Å². The van der Waals surface area contributed by atoms with Crippen LogP contribution in [-0.4, -0.2) is 5.97 Å².